The lowest BCUT2D eigenvalue weighted by atomic mass is 10.1. The Balaban J connectivity index is 2.04. The van der Waals surface area contributed by atoms with Crippen molar-refractivity contribution >= 4 is 23.5 Å². The van der Waals surface area contributed by atoms with Gasteiger partial charge in [0.15, 0.2) is 5.16 Å². The minimum Gasteiger partial charge on any atom is -0.396 e. The van der Waals surface area contributed by atoms with Gasteiger partial charge < -0.3 is 10.1 Å². The SMILES string of the molecule is CSc1nc(-c2ccnc(SCCO)c2)c(-c2ccc(F)cc2)[nH]1. The average molecular weight is 361 g/mol. The van der Waals surface area contributed by atoms with E-state index in [2.05, 4.69) is 15.0 Å². The Kier molecular flexibility index (Phi) is 5.55. The molecule has 2 N–H and O–H groups in total. The van der Waals surface area contributed by atoms with Gasteiger partial charge in [-0.1, -0.05) is 11.8 Å². The molecule has 7 heteroatoms. The second-order valence-electron chi connectivity index (χ2n) is 4.93. The summed E-state index contributed by atoms with van der Waals surface area (Å²) in [5.41, 5.74) is 3.46. The fourth-order valence-corrected chi connectivity index (χ4v) is 3.30. The third kappa shape index (κ3) is 3.80. The van der Waals surface area contributed by atoms with E-state index in [1.54, 1.807) is 18.3 Å². The summed E-state index contributed by atoms with van der Waals surface area (Å²) in [4.78, 5) is 12.2. The van der Waals surface area contributed by atoms with Gasteiger partial charge in [0.25, 0.3) is 0 Å². The van der Waals surface area contributed by atoms with Crippen molar-refractivity contribution < 1.29 is 9.50 Å². The van der Waals surface area contributed by atoms with E-state index in [0.29, 0.717) is 5.75 Å². The van der Waals surface area contributed by atoms with Gasteiger partial charge in [0.05, 0.1) is 23.0 Å². The number of nitrogens with zero attached hydrogens (tertiary/aromatic N) is 2. The second kappa shape index (κ2) is 7.83. The highest BCUT2D eigenvalue weighted by atomic mass is 32.2. The molecule has 0 aliphatic carbocycles. The lowest BCUT2D eigenvalue weighted by Gasteiger charge is -2.05. The smallest absolute Gasteiger partial charge is 0.166 e. The van der Waals surface area contributed by atoms with Crippen LogP contribution in [0.1, 0.15) is 0 Å². The van der Waals surface area contributed by atoms with Gasteiger partial charge >= 0.3 is 0 Å². The van der Waals surface area contributed by atoms with Crippen LogP contribution in [-0.2, 0) is 0 Å². The summed E-state index contributed by atoms with van der Waals surface area (Å²) >= 11 is 3.01. The summed E-state index contributed by atoms with van der Waals surface area (Å²) in [6.07, 6.45) is 3.68. The molecule has 0 amide bonds. The maximum Gasteiger partial charge on any atom is 0.166 e. The first-order valence-electron chi connectivity index (χ1n) is 7.31. The van der Waals surface area contributed by atoms with E-state index in [0.717, 1.165) is 32.7 Å². The van der Waals surface area contributed by atoms with Crippen LogP contribution in [0.2, 0.25) is 0 Å². The topological polar surface area (TPSA) is 61.8 Å². The van der Waals surface area contributed by atoms with Gasteiger partial charge in [0.2, 0.25) is 0 Å². The number of imidazole rings is 1. The lowest BCUT2D eigenvalue weighted by Crippen LogP contribution is -1.90. The predicted molar refractivity (Wildman–Crippen MR) is 96.8 cm³/mol. The molecule has 0 saturated carbocycles. The Hall–Kier alpha value is -1.83. The van der Waals surface area contributed by atoms with E-state index in [1.165, 1.54) is 35.7 Å². The summed E-state index contributed by atoms with van der Waals surface area (Å²) in [6, 6.07) is 10.2. The first-order chi connectivity index (χ1) is 11.7. The first kappa shape index (κ1) is 17.0. The number of aromatic amines is 1. The van der Waals surface area contributed by atoms with Crippen molar-refractivity contribution in [3.05, 3.63) is 48.4 Å². The van der Waals surface area contributed by atoms with Crippen molar-refractivity contribution in [1.82, 2.24) is 15.0 Å². The molecule has 3 aromatic rings. The van der Waals surface area contributed by atoms with Crippen molar-refractivity contribution in [3.8, 4) is 22.5 Å². The fraction of sp³-hybridized carbons (Fsp3) is 0.176. The number of rotatable bonds is 6. The molecule has 4 nitrogen and oxygen atoms in total. The summed E-state index contributed by atoms with van der Waals surface area (Å²) in [7, 11) is 0. The zero-order valence-electron chi connectivity index (χ0n) is 13.0. The quantitative estimate of drug-likeness (QED) is 0.648. The minimum atomic E-state index is -0.267. The molecule has 3 rings (SSSR count). The average Bonchev–Trinajstić information content (AvgIpc) is 3.05. The molecule has 0 bridgehead atoms. The van der Waals surface area contributed by atoms with E-state index in [9.17, 15) is 4.39 Å². The third-order valence-electron chi connectivity index (χ3n) is 3.36. The number of thioether (sulfide) groups is 2. The van der Waals surface area contributed by atoms with Gasteiger partial charge in [-0.25, -0.2) is 14.4 Å². The molecule has 2 heterocycles. The molecule has 0 aliphatic rings. The van der Waals surface area contributed by atoms with E-state index in [1.807, 2.05) is 18.4 Å². The van der Waals surface area contributed by atoms with Crippen molar-refractivity contribution in [1.29, 1.82) is 0 Å². The molecule has 0 spiro atoms. The second-order valence-corrected chi connectivity index (χ2v) is 6.84. The van der Waals surface area contributed by atoms with Crippen LogP contribution in [0.3, 0.4) is 0 Å². The monoisotopic (exact) mass is 361 g/mol. The van der Waals surface area contributed by atoms with Crippen LogP contribution < -0.4 is 0 Å². The normalized spacial score (nSPS) is 11.0. The Morgan fingerprint density at radius 3 is 2.67 bits per heavy atom. The van der Waals surface area contributed by atoms with E-state index >= 15 is 0 Å². The lowest BCUT2D eigenvalue weighted by molar-refractivity contribution is 0.322. The van der Waals surface area contributed by atoms with Crippen LogP contribution in [0.4, 0.5) is 4.39 Å². The molecule has 0 radical (unpaired) electrons. The first-order valence-corrected chi connectivity index (χ1v) is 9.52. The van der Waals surface area contributed by atoms with Gasteiger partial charge in [-0.2, -0.15) is 0 Å². The molecule has 0 aliphatic heterocycles. The summed E-state index contributed by atoms with van der Waals surface area (Å²) in [5, 5.41) is 10.6. The molecular weight excluding hydrogens is 345 g/mol. The highest BCUT2D eigenvalue weighted by Crippen LogP contribution is 2.33. The largest absolute Gasteiger partial charge is 0.396 e. The third-order valence-corrected chi connectivity index (χ3v) is 4.84. The predicted octanol–water partition coefficient (Wildman–Crippen LogP) is 4.08. The zero-order valence-corrected chi connectivity index (χ0v) is 14.6. The molecule has 0 unspecified atom stereocenters. The van der Waals surface area contributed by atoms with Crippen LogP contribution in [0.15, 0.2) is 52.8 Å². The Bertz CT molecular complexity index is 821. The number of H-pyrrole nitrogens is 1. The molecule has 2 aromatic heterocycles. The van der Waals surface area contributed by atoms with E-state index in [4.69, 9.17) is 5.11 Å². The van der Waals surface area contributed by atoms with Gasteiger partial charge in [-0.05, 0) is 42.7 Å². The summed E-state index contributed by atoms with van der Waals surface area (Å²) in [5.74, 6) is 0.328. The number of nitrogens with one attached hydrogen (secondary N) is 1. The van der Waals surface area contributed by atoms with E-state index < -0.39 is 0 Å². The van der Waals surface area contributed by atoms with Crippen LogP contribution >= 0.6 is 23.5 Å². The number of pyridine rings is 1. The Morgan fingerprint density at radius 2 is 1.96 bits per heavy atom. The molecule has 124 valence electrons. The molecule has 1 aromatic carbocycles. The number of hydrogen-bond donors (Lipinski definition) is 2. The Labute approximate surface area is 147 Å². The molecular formula is C17H16FN3OS2. The number of halogens is 1. The van der Waals surface area contributed by atoms with Gasteiger partial charge in [-0.3, -0.25) is 0 Å². The van der Waals surface area contributed by atoms with Crippen molar-refractivity contribution in [2.24, 2.45) is 0 Å². The maximum absolute atomic E-state index is 13.2. The summed E-state index contributed by atoms with van der Waals surface area (Å²) < 4.78 is 13.2. The minimum absolute atomic E-state index is 0.108. The van der Waals surface area contributed by atoms with Crippen LogP contribution in [0, 0.1) is 5.82 Å². The number of aliphatic hydroxyl groups excluding tert-OH is 1. The van der Waals surface area contributed by atoms with Crippen LogP contribution in [0.5, 0.6) is 0 Å². The van der Waals surface area contributed by atoms with Crippen LogP contribution in [-0.4, -0.2) is 38.7 Å². The molecule has 0 fully saturated rings. The van der Waals surface area contributed by atoms with Gasteiger partial charge in [0.1, 0.15) is 5.82 Å². The Morgan fingerprint density at radius 1 is 1.17 bits per heavy atom. The summed E-state index contributed by atoms with van der Waals surface area (Å²) in [6.45, 7) is 0.108. The fourth-order valence-electron chi connectivity index (χ4n) is 2.27. The van der Waals surface area contributed by atoms with Crippen molar-refractivity contribution in [3.63, 3.8) is 0 Å². The van der Waals surface area contributed by atoms with Gasteiger partial charge in [0, 0.05) is 23.1 Å². The molecule has 0 saturated heterocycles. The van der Waals surface area contributed by atoms with Crippen molar-refractivity contribution in [2.45, 2.75) is 10.2 Å². The molecule has 0 atom stereocenters. The highest BCUT2D eigenvalue weighted by molar-refractivity contribution is 7.99. The number of benzene rings is 1. The molecule has 24 heavy (non-hydrogen) atoms. The van der Waals surface area contributed by atoms with E-state index in [-0.39, 0.29) is 12.4 Å². The van der Waals surface area contributed by atoms with Crippen molar-refractivity contribution in [2.75, 3.05) is 18.6 Å². The standard InChI is InChI=1S/C17H16FN3OS2/c1-23-17-20-15(11-2-4-13(18)5-3-11)16(21-17)12-6-7-19-14(10-12)24-9-8-22/h2-7,10,22H,8-9H2,1H3,(H,20,21). The highest BCUT2D eigenvalue weighted by Gasteiger charge is 2.14. The van der Waals surface area contributed by atoms with Gasteiger partial charge in [-0.15, -0.1) is 11.8 Å². The maximum atomic E-state index is 13.2. The number of aromatic nitrogens is 3. The number of aliphatic hydroxyl groups is 1. The zero-order chi connectivity index (χ0) is 16.9. The van der Waals surface area contributed by atoms with Crippen LogP contribution in [0.25, 0.3) is 22.5 Å². The number of hydrogen-bond acceptors (Lipinski definition) is 5.